The molecule has 0 fully saturated rings. The molecule has 7 heteroatoms. The van der Waals surface area contributed by atoms with Gasteiger partial charge in [0.2, 0.25) is 0 Å². The quantitative estimate of drug-likeness (QED) is 0.787. The molecular weight excluding hydrogens is 309 g/mol. The summed E-state index contributed by atoms with van der Waals surface area (Å²) in [6.07, 6.45) is 3.63. The Bertz CT molecular complexity index is 819. The van der Waals surface area contributed by atoms with Crippen LogP contribution in [0.1, 0.15) is 0 Å². The molecule has 0 aliphatic rings. The number of nitrogens with two attached hydrogens (primary N) is 1. The molecule has 2 aromatic heterocycles. The van der Waals surface area contributed by atoms with Crippen LogP contribution >= 0.6 is 23.2 Å². The van der Waals surface area contributed by atoms with Crippen LogP contribution in [0.25, 0.3) is 22.4 Å². The Hall–Kier alpha value is -1.98. The SMILES string of the molecule is Cn1cc(-c2nn(C)c(N)c2-c2ccc(Cl)cc2Cl)cn1. The molecule has 3 rings (SSSR count). The van der Waals surface area contributed by atoms with Crippen molar-refractivity contribution in [2.45, 2.75) is 0 Å². The van der Waals surface area contributed by atoms with E-state index in [1.165, 1.54) is 0 Å². The first-order valence-corrected chi connectivity index (χ1v) is 7.00. The van der Waals surface area contributed by atoms with Gasteiger partial charge in [-0.05, 0) is 12.1 Å². The summed E-state index contributed by atoms with van der Waals surface area (Å²) in [5.74, 6) is 0.540. The second kappa shape index (κ2) is 5.09. The van der Waals surface area contributed by atoms with Crippen LogP contribution < -0.4 is 5.73 Å². The second-order valence-electron chi connectivity index (χ2n) is 4.76. The highest BCUT2D eigenvalue weighted by Gasteiger charge is 2.20. The van der Waals surface area contributed by atoms with Crippen LogP contribution in [0, 0.1) is 0 Å². The van der Waals surface area contributed by atoms with Gasteiger partial charge in [-0.1, -0.05) is 29.3 Å². The van der Waals surface area contributed by atoms with E-state index in [0.29, 0.717) is 15.9 Å². The fourth-order valence-electron chi connectivity index (χ4n) is 2.24. The Morgan fingerprint density at radius 3 is 2.57 bits per heavy atom. The Morgan fingerprint density at radius 2 is 1.95 bits per heavy atom. The molecule has 0 amide bonds. The molecule has 0 aliphatic carbocycles. The maximum atomic E-state index is 6.31. The molecule has 0 saturated heterocycles. The van der Waals surface area contributed by atoms with Gasteiger partial charge in [0.1, 0.15) is 11.5 Å². The fourth-order valence-corrected chi connectivity index (χ4v) is 2.74. The highest BCUT2D eigenvalue weighted by atomic mass is 35.5. The number of anilines is 1. The third-order valence-electron chi connectivity index (χ3n) is 3.27. The maximum absolute atomic E-state index is 6.31. The molecule has 21 heavy (non-hydrogen) atoms. The predicted molar refractivity (Wildman–Crippen MR) is 85.3 cm³/mol. The average molecular weight is 322 g/mol. The van der Waals surface area contributed by atoms with Crippen molar-refractivity contribution in [3.05, 3.63) is 40.6 Å². The van der Waals surface area contributed by atoms with Gasteiger partial charge in [0, 0.05) is 36.4 Å². The summed E-state index contributed by atoms with van der Waals surface area (Å²) in [5, 5.41) is 9.77. The summed E-state index contributed by atoms with van der Waals surface area (Å²) in [7, 11) is 3.65. The predicted octanol–water partition coefficient (Wildman–Crippen LogP) is 3.38. The zero-order valence-electron chi connectivity index (χ0n) is 11.5. The van der Waals surface area contributed by atoms with Crippen molar-refractivity contribution in [1.82, 2.24) is 19.6 Å². The fraction of sp³-hybridized carbons (Fsp3) is 0.143. The van der Waals surface area contributed by atoms with Gasteiger partial charge in [0.05, 0.1) is 16.8 Å². The molecule has 0 spiro atoms. The van der Waals surface area contributed by atoms with Crippen LogP contribution in [-0.2, 0) is 14.1 Å². The van der Waals surface area contributed by atoms with Gasteiger partial charge < -0.3 is 5.73 Å². The molecular formula is C14H13Cl2N5. The summed E-state index contributed by atoms with van der Waals surface area (Å²) in [6, 6.07) is 5.32. The summed E-state index contributed by atoms with van der Waals surface area (Å²) < 4.78 is 3.34. The first kappa shape index (κ1) is 14.0. The van der Waals surface area contributed by atoms with Crippen molar-refractivity contribution in [2.75, 3.05) is 5.73 Å². The molecule has 1 aromatic carbocycles. The van der Waals surface area contributed by atoms with Gasteiger partial charge in [-0.2, -0.15) is 10.2 Å². The van der Waals surface area contributed by atoms with Gasteiger partial charge in [-0.15, -0.1) is 0 Å². The van der Waals surface area contributed by atoms with Gasteiger partial charge >= 0.3 is 0 Å². The smallest absolute Gasteiger partial charge is 0.129 e. The van der Waals surface area contributed by atoms with Gasteiger partial charge in [-0.25, -0.2) is 0 Å². The van der Waals surface area contributed by atoms with E-state index >= 15 is 0 Å². The number of halogens is 2. The van der Waals surface area contributed by atoms with Gasteiger partial charge in [-0.3, -0.25) is 9.36 Å². The number of benzene rings is 1. The molecule has 0 radical (unpaired) electrons. The van der Waals surface area contributed by atoms with E-state index in [1.54, 1.807) is 34.7 Å². The van der Waals surface area contributed by atoms with Crippen molar-refractivity contribution in [3.8, 4) is 22.4 Å². The normalized spacial score (nSPS) is 11.0. The topological polar surface area (TPSA) is 61.7 Å². The molecule has 0 bridgehead atoms. The molecule has 108 valence electrons. The number of nitrogen functional groups attached to an aromatic ring is 1. The van der Waals surface area contributed by atoms with Crippen molar-refractivity contribution in [3.63, 3.8) is 0 Å². The molecule has 0 atom stereocenters. The van der Waals surface area contributed by atoms with Gasteiger partial charge in [0.15, 0.2) is 0 Å². The molecule has 0 saturated carbocycles. The lowest BCUT2D eigenvalue weighted by molar-refractivity contribution is 0.767. The van der Waals surface area contributed by atoms with Crippen LogP contribution in [-0.4, -0.2) is 19.6 Å². The number of hydrogen-bond acceptors (Lipinski definition) is 3. The van der Waals surface area contributed by atoms with E-state index in [1.807, 2.05) is 19.3 Å². The molecule has 2 N–H and O–H groups in total. The third kappa shape index (κ3) is 2.39. The van der Waals surface area contributed by atoms with E-state index in [4.69, 9.17) is 28.9 Å². The van der Waals surface area contributed by atoms with E-state index < -0.39 is 0 Å². The van der Waals surface area contributed by atoms with Crippen molar-refractivity contribution in [1.29, 1.82) is 0 Å². The lowest BCUT2D eigenvalue weighted by Gasteiger charge is -2.06. The van der Waals surface area contributed by atoms with Crippen LogP contribution in [0.4, 0.5) is 5.82 Å². The van der Waals surface area contributed by atoms with Crippen molar-refractivity contribution >= 4 is 29.0 Å². The van der Waals surface area contributed by atoms with Crippen LogP contribution in [0.15, 0.2) is 30.6 Å². The molecule has 5 nitrogen and oxygen atoms in total. The first-order valence-electron chi connectivity index (χ1n) is 6.24. The van der Waals surface area contributed by atoms with Gasteiger partial charge in [0.25, 0.3) is 0 Å². The summed E-state index contributed by atoms with van der Waals surface area (Å²) in [4.78, 5) is 0. The highest BCUT2D eigenvalue weighted by molar-refractivity contribution is 6.36. The van der Waals surface area contributed by atoms with Crippen LogP contribution in [0.2, 0.25) is 10.0 Å². The minimum atomic E-state index is 0.535. The maximum Gasteiger partial charge on any atom is 0.129 e. The molecule has 0 unspecified atom stereocenters. The van der Waals surface area contributed by atoms with E-state index in [-0.39, 0.29) is 0 Å². The van der Waals surface area contributed by atoms with Crippen LogP contribution in [0.5, 0.6) is 0 Å². The minimum absolute atomic E-state index is 0.535. The lowest BCUT2D eigenvalue weighted by Crippen LogP contribution is -1.98. The largest absolute Gasteiger partial charge is 0.383 e. The standard InChI is InChI=1S/C14H13Cl2N5/c1-20-7-8(6-18-20)13-12(14(17)21(2)19-13)10-4-3-9(15)5-11(10)16/h3-7H,17H2,1-2H3. The monoisotopic (exact) mass is 321 g/mol. The first-order chi connectivity index (χ1) is 9.97. The molecule has 2 heterocycles. The summed E-state index contributed by atoms with van der Waals surface area (Å²) in [5.41, 5.74) is 9.37. The Balaban J connectivity index is 2.26. The molecule has 0 aliphatic heterocycles. The zero-order chi connectivity index (χ0) is 15.1. The second-order valence-corrected chi connectivity index (χ2v) is 5.60. The average Bonchev–Trinajstić information content (AvgIpc) is 2.96. The van der Waals surface area contributed by atoms with E-state index in [9.17, 15) is 0 Å². The zero-order valence-corrected chi connectivity index (χ0v) is 13.0. The lowest BCUT2D eigenvalue weighted by atomic mass is 10.0. The summed E-state index contributed by atoms with van der Waals surface area (Å²) in [6.45, 7) is 0. The number of aromatic nitrogens is 4. The Kier molecular flexibility index (Phi) is 3.39. The number of nitrogens with zero attached hydrogens (tertiary/aromatic N) is 4. The molecule has 3 aromatic rings. The van der Waals surface area contributed by atoms with E-state index in [0.717, 1.165) is 22.4 Å². The highest BCUT2D eigenvalue weighted by Crippen LogP contribution is 2.39. The number of hydrogen-bond donors (Lipinski definition) is 1. The Labute approximate surface area is 131 Å². The number of aryl methyl sites for hydroxylation is 2. The van der Waals surface area contributed by atoms with Crippen molar-refractivity contribution < 1.29 is 0 Å². The summed E-state index contributed by atoms with van der Waals surface area (Å²) >= 11 is 12.3. The minimum Gasteiger partial charge on any atom is -0.383 e. The Morgan fingerprint density at radius 1 is 1.19 bits per heavy atom. The van der Waals surface area contributed by atoms with E-state index in [2.05, 4.69) is 10.2 Å². The van der Waals surface area contributed by atoms with Crippen LogP contribution in [0.3, 0.4) is 0 Å². The number of rotatable bonds is 2. The third-order valence-corrected chi connectivity index (χ3v) is 3.82. The van der Waals surface area contributed by atoms with Crippen molar-refractivity contribution in [2.24, 2.45) is 14.1 Å².